The summed E-state index contributed by atoms with van der Waals surface area (Å²) in [6.45, 7) is 6.98. The lowest BCUT2D eigenvalue weighted by molar-refractivity contribution is 0.0952. The van der Waals surface area contributed by atoms with Crippen LogP contribution in [0, 0.1) is 20.8 Å². The molecular weight excluding hydrogens is 356 g/mol. The summed E-state index contributed by atoms with van der Waals surface area (Å²) in [5.41, 5.74) is 3.68. The van der Waals surface area contributed by atoms with Gasteiger partial charge < -0.3 is 15.4 Å². The van der Waals surface area contributed by atoms with Crippen molar-refractivity contribution in [3.05, 3.63) is 58.9 Å². The van der Waals surface area contributed by atoms with Gasteiger partial charge in [0.15, 0.2) is 5.82 Å². The Morgan fingerprint density at radius 3 is 2.50 bits per heavy atom. The Kier molecular flexibility index (Phi) is 5.88. The second-order valence-corrected chi connectivity index (χ2v) is 6.37. The zero-order chi connectivity index (χ0) is 20.1. The maximum absolute atomic E-state index is 12.2. The summed E-state index contributed by atoms with van der Waals surface area (Å²) in [5, 5.41) is 18.9. The zero-order valence-electron chi connectivity index (χ0n) is 16.5. The van der Waals surface area contributed by atoms with Crippen molar-refractivity contribution in [2.24, 2.45) is 0 Å². The number of ether oxygens (including phenoxy) is 1. The maximum Gasteiger partial charge on any atom is 0.255 e. The highest BCUT2D eigenvalue weighted by atomic mass is 16.5. The van der Waals surface area contributed by atoms with Gasteiger partial charge in [0.1, 0.15) is 11.6 Å². The van der Waals surface area contributed by atoms with Gasteiger partial charge in [0, 0.05) is 18.8 Å². The Hall–Kier alpha value is -3.42. The van der Waals surface area contributed by atoms with E-state index in [4.69, 9.17) is 4.74 Å². The SMILES string of the molecule is COc1ccccc1C(=O)NCCNc1ccc(-n2nc(C)c(C)c2C)nn1. The number of methoxy groups -OCH3 is 1. The van der Waals surface area contributed by atoms with E-state index in [0.29, 0.717) is 36.0 Å². The Balaban J connectivity index is 1.53. The van der Waals surface area contributed by atoms with Crippen LogP contribution in [-0.4, -0.2) is 46.1 Å². The van der Waals surface area contributed by atoms with Crippen molar-refractivity contribution in [2.75, 3.05) is 25.5 Å². The molecule has 2 N–H and O–H groups in total. The number of hydrogen-bond acceptors (Lipinski definition) is 6. The highest BCUT2D eigenvalue weighted by molar-refractivity contribution is 5.96. The van der Waals surface area contributed by atoms with E-state index in [1.54, 1.807) is 30.0 Å². The number of amides is 1. The third kappa shape index (κ3) is 4.11. The number of aryl methyl sites for hydroxylation is 1. The first kappa shape index (κ1) is 19.3. The molecule has 3 aromatic rings. The number of aromatic nitrogens is 4. The number of carbonyl (C=O) groups excluding carboxylic acids is 1. The summed E-state index contributed by atoms with van der Waals surface area (Å²) in [7, 11) is 1.55. The fraction of sp³-hybridized carbons (Fsp3) is 0.300. The molecule has 0 aliphatic rings. The van der Waals surface area contributed by atoms with Crippen LogP contribution in [0.3, 0.4) is 0 Å². The highest BCUT2D eigenvalue weighted by Crippen LogP contribution is 2.17. The normalized spacial score (nSPS) is 10.6. The van der Waals surface area contributed by atoms with Crippen molar-refractivity contribution in [1.82, 2.24) is 25.3 Å². The number of nitrogens with zero attached hydrogens (tertiary/aromatic N) is 4. The van der Waals surface area contributed by atoms with Gasteiger partial charge in [-0.3, -0.25) is 4.79 Å². The van der Waals surface area contributed by atoms with E-state index >= 15 is 0 Å². The average Bonchev–Trinajstić information content (AvgIpc) is 2.98. The summed E-state index contributed by atoms with van der Waals surface area (Å²) < 4.78 is 6.99. The number of benzene rings is 1. The van der Waals surface area contributed by atoms with Crippen LogP contribution in [-0.2, 0) is 0 Å². The third-order valence-corrected chi connectivity index (χ3v) is 4.59. The highest BCUT2D eigenvalue weighted by Gasteiger charge is 2.11. The fourth-order valence-electron chi connectivity index (χ4n) is 2.77. The molecule has 0 spiro atoms. The molecule has 146 valence electrons. The van der Waals surface area contributed by atoms with Gasteiger partial charge in [-0.1, -0.05) is 12.1 Å². The average molecular weight is 380 g/mol. The van der Waals surface area contributed by atoms with Gasteiger partial charge in [-0.2, -0.15) is 5.10 Å². The van der Waals surface area contributed by atoms with Crippen LogP contribution in [0.15, 0.2) is 36.4 Å². The summed E-state index contributed by atoms with van der Waals surface area (Å²) in [5.74, 6) is 1.67. The molecule has 3 rings (SSSR count). The number of anilines is 1. The van der Waals surface area contributed by atoms with Gasteiger partial charge in [-0.15, -0.1) is 10.2 Å². The Morgan fingerprint density at radius 2 is 1.86 bits per heavy atom. The van der Waals surface area contributed by atoms with E-state index in [2.05, 4.69) is 25.9 Å². The molecule has 0 atom stereocenters. The van der Waals surface area contributed by atoms with Crippen molar-refractivity contribution in [3.63, 3.8) is 0 Å². The topological polar surface area (TPSA) is 94.0 Å². The number of rotatable bonds is 7. The van der Waals surface area contributed by atoms with Gasteiger partial charge in [-0.25, -0.2) is 4.68 Å². The molecule has 0 bridgehead atoms. The zero-order valence-corrected chi connectivity index (χ0v) is 16.5. The molecule has 2 heterocycles. The molecule has 8 heteroatoms. The summed E-state index contributed by atoms with van der Waals surface area (Å²) >= 11 is 0. The molecule has 2 aromatic heterocycles. The molecule has 1 amide bonds. The monoisotopic (exact) mass is 380 g/mol. The lowest BCUT2D eigenvalue weighted by atomic mass is 10.2. The van der Waals surface area contributed by atoms with Crippen molar-refractivity contribution in [2.45, 2.75) is 20.8 Å². The molecule has 0 radical (unpaired) electrons. The summed E-state index contributed by atoms with van der Waals surface area (Å²) in [6, 6.07) is 10.8. The van der Waals surface area contributed by atoms with E-state index in [0.717, 1.165) is 17.0 Å². The lowest BCUT2D eigenvalue weighted by Crippen LogP contribution is -2.29. The number of para-hydroxylation sites is 1. The minimum absolute atomic E-state index is 0.180. The molecule has 8 nitrogen and oxygen atoms in total. The third-order valence-electron chi connectivity index (χ3n) is 4.59. The molecule has 28 heavy (non-hydrogen) atoms. The minimum Gasteiger partial charge on any atom is -0.496 e. The van der Waals surface area contributed by atoms with Crippen LogP contribution in [0.2, 0.25) is 0 Å². The van der Waals surface area contributed by atoms with Crippen LogP contribution >= 0.6 is 0 Å². The van der Waals surface area contributed by atoms with Gasteiger partial charge >= 0.3 is 0 Å². The predicted molar refractivity (Wildman–Crippen MR) is 107 cm³/mol. The Bertz CT molecular complexity index is 965. The van der Waals surface area contributed by atoms with Crippen LogP contribution in [0.5, 0.6) is 5.75 Å². The van der Waals surface area contributed by atoms with Crippen molar-refractivity contribution >= 4 is 11.7 Å². The fourth-order valence-corrected chi connectivity index (χ4v) is 2.77. The molecule has 0 unspecified atom stereocenters. The molecule has 0 saturated carbocycles. The molecule has 1 aromatic carbocycles. The number of nitrogens with one attached hydrogen (secondary N) is 2. The van der Waals surface area contributed by atoms with Gasteiger partial charge in [0.05, 0.1) is 18.4 Å². The minimum atomic E-state index is -0.180. The van der Waals surface area contributed by atoms with Crippen LogP contribution < -0.4 is 15.4 Å². The molecule has 0 fully saturated rings. The van der Waals surface area contributed by atoms with E-state index in [1.165, 1.54) is 0 Å². The van der Waals surface area contributed by atoms with Gasteiger partial charge in [-0.05, 0) is 50.6 Å². The smallest absolute Gasteiger partial charge is 0.255 e. The van der Waals surface area contributed by atoms with Gasteiger partial charge in [0.2, 0.25) is 0 Å². The molecule has 0 aliphatic carbocycles. The number of hydrogen-bond donors (Lipinski definition) is 2. The quantitative estimate of drug-likeness (QED) is 0.612. The van der Waals surface area contributed by atoms with E-state index in [-0.39, 0.29) is 5.91 Å². The van der Waals surface area contributed by atoms with Crippen molar-refractivity contribution in [1.29, 1.82) is 0 Å². The maximum atomic E-state index is 12.2. The second-order valence-electron chi connectivity index (χ2n) is 6.37. The van der Waals surface area contributed by atoms with Crippen molar-refractivity contribution < 1.29 is 9.53 Å². The van der Waals surface area contributed by atoms with E-state index in [9.17, 15) is 4.79 Å². The molecular formula is C20H24N6O2. The standard InChI is InChI=1S/C20H24N6O2/c1-13-14(2)25-26(15(13)3)19-10-9-18(23-24-19)21-11-12-22-20(27)16-7-5-6-8-17(16)28-4/h5-10H,11-12H2,1-4H3,(H,21,23)(H,22,27). The van der Waals surface area contributed by atoms with Crippen molar-refractivity contribution in [3.8, 4) is 11.6 Å². The Morgan fingerprint density at radius 1 is 1.07 bits per heavy atom. The van der Waals surface area contributed by atoms with Crippen LogP contribution in [0.1, 0.15) is 27.3 Å². The van der Waals surface area contributed by atoms with Crippen LogP contribution in [0.25, 0.3) is 5.82 Å². The summed E-state index contributed by atoms with van der Waals surface area (Å²) in [4.78, 5) is 12.2. The molecule has 0 saturated heterocycles. The lowest BCUT2D eigenvalue weighted by Gasteiger charge is -2.10. The summed E-state index contributed by atoms with van der Waals surface area (Å²) in [6.07, 6.45) is 0. The second kappa shape index (κ2) is 8.51. The largest absolute Gasteiger partial charge is 0.496 e. The first-order chi connectivity index (χ1) is 13.5. The van der Waals surface area contributed by atoms with E-state index in [1.807, 2.05) is 39.0 Å². The predicted octanol–water partition coefficient (Wildman–Crippen LogP) is 2.44. The first-order valence-corrected chi connectivity index (χ1v) is 9.03. The molecule has 0 aliphatic heterocycles. The van der Waals surface area contributed by atoms with Gasteiger partial charge in [0.25, 0.3) is 5.91 Å². The van der Waals surface area contributed by atoms with E-state index < -0.39 is 0 Å². The Labute approximate surface area is 163 Å². The van der Waals surface area contributed by atoms with Crippen LogP contribution in [0.4, 0.5) is 5.82 Å². The first-order valence-electron chi connectivity index (χ1n) is 9.03. The number of carbonyl (C=O) groups is 1.